The molecule has 0 aliphatic heterocycles. The van der Waals surface area contributed by atoms with Crippen LogP contribution in [0.3, 0.4) is 0 Å². The Kier molecular flexibility index (Phi) is 5.20. The van der Waals surface area contributed by atoms with Gasteiger partial charge >= 0.3 is 0 Å². The summed E-state index contributed by atoms with van der Waals surface area (Å²) in [6.45, 7) is 5.06. The lowest BCUT2D eigenvalue weighted by atomic mass is 10.1. The fourth-order valence-corrected chi connectivity index (χ4v) is 3.09. The van der Waals surface area contributed by atoms with Crippen LogP contribution in [-0.4, -0.2) is 26.2 Å². The highest BCUT2D eigenvalue weighted by Crippen LogP contribution is 2.27. The van der Waals surface area contributed by atoms with Crippen molar-refractivity contribution in [3.05, 3.63) is 22.7 Å². The molecule has 2 unspecified atom stereocenters. The quantitative estimate of drug-likeness (QED) is 0.719. The predicted octanol–water partition coefficient (Wildman–Crippen LogP) is 1.53. The van der Waals surface area contributed by atoms with E-state index in [0.717, 1.165) is 0 Å². The maximum absolute atomic E-state index is 12.2. The SMILES string of the molecule is Cc1cc(S(=O)(=O)NC(C)C(C)CO)cc(N)c1Cl. The molecule has 0 aliphatic carbocycles. The van der Waals surface area contributed by atoms with E-state index in [0.29, 0.717) is 10.6 Å². The number of benzene rings is 1. The second-order valence-electron chi connectivity index (χ2n) is 4.71. The number of rotatable bonds is 5. The van der Waals surface area contributed by atoms with E-state index in [9.17, 15) is 8.42 Å². The fourth-order valence-electron chi connectivity index (χ4n) is 1.50. The molecule has 1 rings (SSSR count). The smallest absolute Gasteiger partial charge is 0.240 e. The lowest BCUT2D eigenvalue weighted by Crippen LogP contribution is -2.38. The maximum atomic E-state index is 12.2. The highest BCUT2D eigenvalue weighted by atomic mass is 35.5. The van der Waals surface area contributed by atoms with Crippen LogP contribution in [0, 0.1) is 12.8 Å². The summed E-state index contributed by atoms with van der Waals surface area (Å²) in [6.07, 6.45) is 0. The van der Waals surface area contributed by atoms with E-state index in [-0.39, 0.29) is 29.1 Å². The Morgan fingerprint density at radius 1 is 1.42 bits per heavy atom. The number of aliphatic hydroxyl groups excluding tert-OH is 1. The van der Waals surface area contributed by atoms with Gasteiger partial charge in [0.05, 0.1) is 15.6 Å². The van der Waals surface area contributed by atoms with Crippen LogP contribution in [0.5, 0.6) is 0 Å². The Labute approximate surface area is 118 Å². The third kappa shape index (κ3) is 3.82. The fraction of sp³-hybridized carbons (Fsp3) is 0.500. The molecule has 0 aliphatic rings. The Morgan fingerprint density at radius 3 is 2.47 bits per heavy atom. The molecule has 0 fully saturated rings. The van der Waals surface area contributed by atoms with Crippen molar-refractivity contribution in [1.29, 1.82) is 0 Å². The normalized spacial score (nSPS) is 15.2. The van der Waals surface area contributed by atoms with Crippen molar-refractivity contribution in [3.8, 4) is 0 Å². The first-order valence-electron chi connectivity index (χ1n) is 5.88. The van der Waals surface area contributed by atoms with Crippen molar-refractivity contribution in [3.63, 3.8) is 0 Å². The number of nitrogens with one attached hydrogen (secondary N) is 1. The van der Waals surface area contributed by atoms with E-state index in [4.69, 9.17) is 22.4 Å². The summed E-state index contributed by atoms with van der Waals surface area (Å²) in [6, 6.07) is 2.41. The Balaban J connectivity index is 3.08. The Bertz CT molecular complexity index is 537. The molecule has 2 atom stereocenters. The van der Waals surface area contributed by atoms with Crippen molar-refractivity contribution in [2.24, 2.45) is 5.92 Å². The molecule has 0 spiro atoms. The van der Waals surface area contributed by atoms with Gasteiger partial charge in [-0.1, -0.05) is 18.5 Å². The highest BCUT2D eigenvalue weighted by Gasteiger charge is 2.22. The first-order valence-corrected chi connectivity index (χ1v) is 7.74. The number of halogens is 1. The molecule has 0 heterocycles. The van der Waals surface area contributed by atoms with Gasteiger partial charge in [-0.15, -0.1) is 0 Å². The zero-order chi connectivity index (χ0) is 14.8. The molecule has 19 heavy (non-hydrogen) atoms. The van der Waals surface area contributed by atoms with Crippen LogP contribution < -0.4 is 10.5 Å². The van der Waals surface area contributed by atoms with E-state index in [1.807, 2.05) is 0 Å². The lowest BCUT2D eigenvalue weighted by Gasteiger charge is -2.19. The Morgan fingerprint density at radius 2 is 2.00 bits per heavy atom. The van der Waals surface area contributed by atoms with E-state index < -0.39 is 10.0 Å². The average molecular weight is 307 g/mol. The molecule has 108 valence electrons. The van der Waals surface area contributed by atoms with Crippen molar-refractivity contribution >= 4 is 27.3 Å². The minimum atomic E-state index is -3.68. The summed E-state index contributed by atoms with van der Waals surface area (Å²) < 4.78 is 26.9. The molecule has 4 N–H and O–H groups in total. The van der Waals surface area contributed by atoms with Gasteiger partial charge in [-0.3, -0.25) is 0 Å². The minimum absolute atomic E-state index is 0.0730. The highest BCUT2D eigenvalue weighted by molar-refractivity contribution is 7.89. The van der Waals surface area contributed by atoms with Crippen LogP contribution in [0.25, 0.3) is 0 Å². The molecule has 0 radical (unpaired) electrons. The van der Waals surface area contributed by atoms with E-state index in [2.05, 4.69) is 4.72 Å². The summed E-state index contributed by atoms with van der Waals surface area (Å²) in [7, 11) is -3.68. The zero-order valence-electron chi connectivity index (χ0n) is 11.1. The number of anilines is 1. The van der Waals surface area contributed by atoms with Crippen LogP contribution in [0.4, 0.5) is 5.69 Å². The van der Waals surface area contributed by atoms with Gasteiger partial charge in [0.2, 0.25) is 10.0 Å². The molecule has 7 heteroatoms. The summed E-state index contributed by atoms with van der Waals surface area (Å²) in [5.74, 6) is -0.180. The molecule has 0 saturated carbocycles. The van der Waals surface area contributed by atoms with Crippen molar-refractivity contribution in [2.45, 2.75) is 31.7 Å². The molecule has 0 aromatic heterocycles. The second-order valence-corrected chi connectivity index (χ2v) is 6.81. The van der Waals surface area contributed by atoms with Gasteiger partial charge < -0.3 is 10.8 Å². The monoisotopic (exact) mass is 306 g/mol. The summed E-state index contributed by atoms with van der Waals surface area (Å²) in [5.41, 5.74) is 6.50. The van der Waals surface area contributed by atoms with Gasteiger partial charge in [0.25, 0.3) is 0 Å². The average Bonchev–Trinajstić information content (AvgIpc) is 2.33. The van der Waals surface area contributed by atoms with E-state index in [1.54, 1.807) is 20.8 Å². The third-order valence-electron chi connectivity index (χ3n) is 3.05. The minimum Gasteiger partial charge on any atom is -0.397 e. The van der Waals surface area contributed by atoms with Gasteiger partial charge in [0.1, 0.15) is 0 Å². The molecule has 0 saturated heterocycles. The van der Waals surface area contributed by atoms with Gasteiger partial charge in [0.15, 0.2) is 0 Å². The van der Waals surface area contributed by atoms with Crippen LogP contribution in [0.2, 0.25) is 5.02 Å². The number of aryl methyl sites for hydroxylation is 1. The third-order valence-corrected chi connectivity index (χ3v) is 5.10. The molecular weight excluding hydrogens is 288 g/mol. The number of nitrogen functional groups attached to an aromatic ring is 1. The number of nitrogens with two attached hydrogens (primary N) is 1. The number of sulfonamides is 1. The molecule has 5 nitrogen and oxygen atoms in total. The number of aliphatic hydroxyl groups is 1. The van der Waals surface area contributed by atoms with Crippen molar-refractivity contribution in [2.75, 3.05) is 12.3 Å². The van der Waals surface area contributed by atoms with Crippen LogP contribution in [0.1, 0.15) is 19.4 Å². The van der Waals surface area contributed by atoms with E-state index in [1.165, 1.54) is 12.1 Å². The van der Waals surface area contributed by atoms with Crippen molar-refractivity contribution < 1.29 is 13.5 Å². The van der Waals surface area contributed by atoms with Crippen LogP contribution in [-0.2, 0) is 10.0 Å². The van der Waals surface area contributed by atoms with Gasteiger partial charge in [-0.2, -0.15) is 0 Å². The van der Waals surface area contributed by atoms with Crippen LogP contribution >= 0.6 is 11.6 Å². The predicted molar refractivity (Wildman–Crippen MR) is 76.6 cm³/mol. The summed E-state index contributed by atoms with van der Waals surface area (Å²) >= 11 is 5.91. The standard InChI is InChI=1S/C12H19ClN2O3S/c1-7-4-10(5-11(14)12(7)13)19(17,18)15-9(3)8(2)6-16/h4-5,8-9,15-16H,6,14H2,1-3H3. The number of hydrogen-bond acceptors (Lipinski definition) is 4. The number of hydrogen-bond donors (Lipinski definition) is 3. The van der Waals surface area contributed by atoms with Gasteiger partial charge in [-0.05, 0) is 37.5 Å². The first-order chi connectivity index (χ1) is 8.69. The van der Waals surface area contributed by atoms with Crippen molar-refractivity contribution in [1.82, 2.24) is 4.72 Å². The zero-order valence-corrected chi connectivity index (χ0v) is 12.7. The molecule has 1 aromatic carbocycles. The van der Waals surface area contributed by atoms with E-state index >= 15 is 0 Å². The summed E-state index contributed by atoms with van der Waals surface area (Å²) in [5, 5.41) is 9.38. The second kappa shape index (κ2) is 6.09. The Hall–Kier alpha value is -0.820. The van der Waals surface area contributed by atoms with Gasteiger partial charge in [0, 0.05) is 12.6 Å². The summed E-state index contributed by atoms with van der Waals surface area (Å²) in [4.78, 5) is 0.0730. The topological polar surface area (TPSA) is 92.4 Å². The maximum Gasteiger partial charge on any atom is 0.240 e. The molecule has 1 aromatic rings. The largest absolute Gasteiger partial charge is 0.397 e. The lowest BCUT2D eigenvalue weighted by molar-refractivity contribution is 0.216. The molecule has 0 amide bonds. The van der Waals surface area contributed by atoms with Gasteiger partial charge in [-0.25, -0.2) is 13.1 Å². The first kappa shape index (κ1) is 16.2. The van der Waals surface area contributed by atoms with Crippen LogP contribution in [0.15, 0.2) is 17.0 Å². The molecular formula is C12H19ClN2O3S. The molecule has 0 bridgehead atoms.